The Labute approximate surface area is 126 Å². The summed E-state index contributed by atoms with van der Waals surface area (Å²) < 4.78 is 0. The first-order valence-corrected chi connectivity index (χ1v) is 8.28. The number of fused-ring (bicyclic) bond motifs is 2. The zero-order chi connectivity index (χ0) is 15.0. The van der Waals surface area contributed by atoms with E-state index in [9.17, 15) is 9.59 Å². The third-order valence-corrected chi connectivity index (χ3v) is 5.75. The largest absolute Gasteiger partial charge is 0.481 e. The van der Waals surface area contributed by atoms with E-state index in [0.29, 0.717) is 12.5 Å². The summed E-state index contributed by atoms with van der Waals surface area (Å²) in [6, 6.07) is -0.0843. The smallest absolute Gasteiger partial charge is 0.320 e. The standard InChI is InChI=1S/C16H26N2O3/c1-17(10-13-8-11-4-5-12(13)7-11)16(21)18-6-2-3-14(18)9-15(19)20/h11-14H,2-10H2,1H3,(H,19,20). The molecule has 2 aliphatic carbocycles. The van der Waals surface area contributed by atoms with Gasteiger partial charge in [0.2, 0.25) is 0 Å². The van der Waals surface area contributed by atoms with Crippen molar-refractivity contribution in [3.63, 3.8) is 0 Å². The number of aliphatic carboxylic acids is 1. The van der Waals surface area contributed by atoms with Crippen molar-refractivity contribution in [2.75, 3.05) is 20.1 Å². The molecule has 1 N–H and O–H groups in total. The van der Waals surface area contributed by atoms with Crippen LogP contribution in [0.2, 0.25) is 0 Å². The molecule has 3 aliphatic rings. The summed E-state index contributed by atoms with van der Waals surface area (Å²) in [5.41, 5.74) is 0. The predicted octanol–water partition coefficient (Wildman–Crippen LogP) is 2.41. The molecular formula is C16H26N2O3. The third-order valence-electron chi connectivity index (χ3n) is 5.75. The Morgan fingerprint density at radius 1 is 1.24 bits per heavy atom. The first-order valence-electron chi connectivity index (χ1n) is 8.28. The number of amides is 2. The van der Waals surface area contributed by atoms with Crippen molar-refractivity contribution in [2.45, 2.75) is 51.0 Å². The van der Waals surface area contributed by atoms with Crippen LogP contribution in [0.4, 0.5) is 4.79 Å². The number of carboxylic acid groups (broad SMARTS) is 1. The van der Waals surface area contributed by atoms with Crippen molar-refractivity contribution in [3.8, 4) is 0 Å². The second-order valence-electron chi connectivity index (χ2n) is 7.19. The molecule has 2 amide bonds. The van der Waals surface area contributed by atoms with Crippen molar-refractivity contribution < 1.29 is 14.7 Å². The zero-order valence-electron chi connectivity index (χ0n) is 12.8. The van der Waals surface area contributed by atoms with Gasteiger partial charge in [-0.1, -0.05) is 6.42 Å². The summed E-state index contributed by atoms with van der Waals surface area (Å²) in [7, 11) is 1.88. The van der Waals surface area contributed by atoms with Gasteiger partial charge in [-0.25, -0.2) is 4.79 Å². The van der Waals surface area contributed by atoms with Gasteiger partial charge in [-0.3, -0.25) is 4.79 Å². The summed E-state index contributed by atoms with van der Waals surface area (Å²) in [6.07, 6.45) is 7.17. The van der Waals surface area contributed by atoms with E-state index >= 15 is 0 Å². The lowest BCUT2D eigenvalue weighted by molar-refractivity contribution is -0.138. The molecule has 2 bridgehead atoms. The highest BCUT2D eigenvalue weighted by atomic mass is 16.4. The number of likely N-dealkylation sites (tertiary alicyclic amines) is 1. The summed E-state index contributed by atoms with van der Waals surface area (Å²) in [6.45, 7) is 1.55. The Kier molecular flexibility index (Phi) is 4.09. The number of carbonyl (C=O) groups excluding carboxylic acids is 1. The van der Waals surface area contributed by atoms with E-state index in [1.54, 1.807) is 4.90 Å². The summed E-state index contributed by atoms with van der Waals surface area (Å²) >= 11 is 0. The number of carboxylic acids is 1. The molecule has 1 heterocycles. The topological polar surface area (TPSA) is 60.9 Å². The molecule has 4 unspecified atom stereocenters. The van der Waals surface area contributed by atoms with Crippen LogP contribution < -0.4 is 0 Å². The van der Waals surface area contributed by atoms with Crippen LogP contribution in [0.15, 0.2) is 0 Å². The minimum Gasteiger partial charge on any atom is -0.481 e. The van der Waals surface area contributed by atoms with E-state index in [-0.39, 0.29) is 18.5 Å². The fourth-order valence-electron chi connectivity index (χ4n) is 4.75. The van der Waals surface area contributed by atoms with Gasteiger partial charge in [-0.15, -0.1) is 0 Å². The van der Waals surface area contributed by atoms with Crippen LogP contribution in [0.25, 0.3) is 0 Å². The van der Waals surface area contributed by atoms with Crippen molar-refractivity contribution in [1.82, 2.24) is 9.80 Å². The molecule has 1 saturated heterocycles. The molecule has 5 heteroatoms. The molecule has 1 aliphatic heterocycles. The second-order valence-corrected chi connectivity index (χ2v) is 7.19. The first-order chi connectivity index (χ1) is 10.0. The molecular weight excluding hydrogens is 268 g/mol. The van der Waals surface area contributed by atoms with E-state index in [0.717, 1.165) is 31.2 Å². The number of nitrogens with zero attached hydrogens (tertiary/aromatic N) is 2. The normalized spacial score (nSPS) is 34.4. The van der Waals surface area contributed by atoms with E-state index in [2.05, 4.69) is 0 Å². The lowest BCUT2D eigenvalue weighted by atomic mass is 9.88. The van der Waals surface area contributed by atoms with Gasteiger partial charge in [0, 0.05) is 26.2 Å². The number of hydrogen-bond donors (Lipinski definition) is 1. The molecule has 0 aromatic carbocycles. The molecule has 4 atom stereocenters. The van der Waals surface area contributed by atoms with E-state index < -0.39 is 5.97 Å². The Balaban J connectivity index is 1.55. The molecule has 3 rings (SSSR count). The second kappa shape index (κ2) is 5.85. The van der Waals surface area contributed by atoms with Crippen LogP contribution in [0.5, 0.6) is 0 Å². The number of carbonyl (C=O) groups is 2. The Bertz CT molecular complexity index is 426. The molecule has 118 valence electrons. The van der Waals surface area contributed by atoms with Gasteiger partial charge >= 0.3 is 12.0 Å². The average Bonchev–Trinajstić information content (AvgIpc) is 3.13. The Morgan fingerprint density at radius 2 is 2.05 bits per heavy atom. The van der Waals surface area contributed by atoms with Gasteiger partial charge < -0.3 is 14.9 Å². The van der Waals surface area contributed by atoms with Crippen LogP contribution in [-0.2, 0) is 4.79 Å². The van der Waals surface area contributed by atoms with Gasteiger partial charge in [0.05, 0.1) is 6.42 Å². The zero-order valence-corrected chi connectivity index (χ0v) is 12.8. The minimum atomic E-state index is -0.810. The van der Waals surface area contributed by atoms with Gasteiger partial charge in [0.25, 0.3) is 0 Å². The number of urea groups is 1. The van der Waals surface area contributed by atoms with Crippen LogP contribution in [-0.4, -0.2) is 53.1 Å². The Hall–Kier alpha value is -1.26. The fraction of sp³-hybridized carbons (Fsp3) is 0.875. The van der Waals surface area contributed by atoms with Crippen molar-refractivity contribution >= 4 is 12.0 Å². The highest BCUT2D eigenvalue weighted by Gasteiger charge is 2.41. The van der Waals surface area contributed by atoms with E-state index in [1.165, 1.54) is 25.7 Å². The maximum atomic E-state index is 12.6. The molecule has 21 heavy (non-hydrogen) atoms. The molecule has 0 spiro atoms. The molecule has 0 radical (unpaired) electrons. The average molecular weight is 294 g/mol. The molecule has 3 fully saturated rings. The molecule has 5 nitrogen and oxygen atoms in total. The monoisotopic (exact) mass is 294 g/mol. The van der Waals surface area contributed by atoms with Crippen molar-refractivity contribution in [1.29, 1.82) is 0 Å². The Morgan fingerprint density at radius 3 is 2.67 bits per heavy atom. The maximum Gasteiger partial charge on any atom is 0.320 e. The number of rotatable bonds is 4. The highest BCUT2D eigenvalue weighted by Crippen LogP contribution is 2.48. The van der Waals surface area contributed by atoms with Gasteiger partial charge in [-0.2, -0.15) is 0 Å². The van der Waals surface area contributed by atoms with E-state index in [1.807, 2.05) is 11.9 Å². The fourth-order valence-corrected chi connectivity index (χ4v) is 4.75. The maximum absolute atomic E-state index is 12.6. The van der Waals surface area contributed by atoms with Crippen LogP contribution in [0.1, 0.15) is 44.9 Å². The lowest BCUT2D eigenvalue weighted by Crippen LogP contribution is -2.46. The molecule has 0 aromatic rings. The third kappa shape index (κ3) is 3.01. The van der Waals surface area contributed by atoms with Gasteiger partial charge in [0.15, 0.2) is 0 Å². The lowest BCUT2D eigenvalue weighted by Gasteiger charge is -2.32. The van der Waals surface area contributed by atoms with Crippen molar-refractivity contribution in [3.05, 3.63) is 0 Å². The van der Waals surface area contributed by atoms with Crippen LogP contribution in [0, 0.1) is 17.8 Å². The van der Waals surface area contributed by atoms with Crippen LogP contribution in [0.3, 0.4) is 0 Å². The van der Waals surface area contributed by atoms with Gasteiger partial charge in [-0.05, 0) is 49.9 Å². The highest BCUT2D eigenvalue weighted by molar-refractivity contribution is 5.76. The first kappa shape index (κ1) is 14.7. The number of hydrogen-bond acceptors (Lipinski definition) is 2. The van der Waals surface area contributed by atoms with Gasteiger partial charge in [0.1, 0.15) is 0 Å². The predicted molar refractivity (Wildman–Crippen MR) is 78.9 cm³/mol. The summed E-state index contributed by atoms with van der Waals surface area (Å²) in [5.74, 6) is 1.57. The minimum absolute atomic E-state index is 0.0292. The summed E-state index contributed by atoms with van der Waals surface area (Å²) in [5, 5.41) is 8.96. The summed E-state index contributed by atoms with van der Waals surface area (Å²) in [4.78, 5) is 27.1. The quantitative estimate of drug-likeness (QED) is 0.866. The van der Waals surface area contributed by atoms with E-state index in [4.69, 9.17) is 5.11 Å². The molecule has 2 saturated carbocycles. The van der Waals surface area contributed by atoms with Crippen LogP contribution >= 0.6 is 0 Å². The molecule has 0 aromatic heterocycles. The SMILES string of the molecule is CN(CC1CC2CCC1C2)C(=O)N1CCCC1CC(=O)O. The van der Waals surface area contributed by atoms with Crippen molar-refractivity contribution in [2.24, 2.45) is 17.8 Å².